The topological polar surface area (TPSA) is 26.3 Å². The summed E-state index contributed by atoms with van der Waals surface area (Å²) in [7, 11) is 0. The van der Waals surface area contributed by atoms with Gasteiger partial charge in [-0.25, -0.2) is 4.79 Å². The van der Waals surface area contributed by atoms with Crippen molar-refractivity contribution in [2.45, 2.75) is 20.3 Å². The Labute approximate surface area is 92.4 Å². The summed E-state index contributed by atoms with van der Waals surface area (Å²) in [6, 6.07) is 5.74. The molecule has 1 aromatic carbocycles. The van der Waals surface area contributed by atoms with Crippen molar-refractivity contribution in [1.29, 1.82) is 0 Å². The normalized spacial score (nSPS) is 9.93. The van der Waals surface area contributed by atoms with Crippen molar-refractivity contribution >= 4 is 21.9 Å². The van der Waals surface area contributed by atoms with Gasteiger partial charge in [0.05, 0.1) is 12.2 Å². The minimum Gasteiger partial charge on any atom is -0.462 e. The number of hydrogen-bond donors (Lipinski definition) is 0. The first kappa shape index (κ1) is 11.2. The van der Waals surface area contributed by atoms with Gasteiger partial charge in [0, 0.05) is 4.47 Å². The van der Waals surface area contributed by atoms with E-state index in [-0.39, 0.29) is 5.97 Å². The summed E-state index contributed by atoms with van der Waals surface area (Å²) >= 11 is 3.33. The zero-order valence-electron chi connectivity index (χ0n) is 8.34. The van der Waals surface area contributed by atoms with Gasteiger partial charge in [-0.05, 0) is 47.0 Å². The lowest BCUT2D eigenvalue weighted by Gasteiger charge is -2.05. The highest BCUT2D eigenvalue weighted by Crippen LogP contribution is 2.19. The number of halogens is 1. The molecule has 1 rings (SSSR count). The molecule has 14 heavy (non-hydrogen) atoms. The van der Waals surface area contributed by atoms with E-state index in [1.807, 2.05) is 18.2 Å². The smallest absolute Gasteiger partial charge is 0.339 e. The molecular weight excluding hydrogens is 244 g/mol. The summed E-state index contributed by atoms with van der Waals surface area (Å²) < 4.78 is 5.72. The minimum absolute atomic E-state index is 0.269. The molecule has 0 fully saturated rings. The van der Waals surface area contributed by atoms with E-state index in [2.05, 4.69) is 22.9 Å². The molecular formula is C11H13BrO2. The van der Waals surface area contributed by atoms with Gasteiger partial charge in [-0.3, -0.25) is 0 Å². The van der Waals surface area contributed by atoms with Crippen molar-refractivity contribution in [2.24, 2.45) is 0 Å². The van der Waals surface area contributed by atoms with Crippen LogP contribution in [0, 0.1) is 0 Å². The average Bonchev–Trinajstić information content (AvgIpc) is 2.19. The molecule has 0 aliphatic rings. The predicted octanol–water partition coefficient (Wildman–Crippen LogP) is 3.19. The maximum atomic E-state index is 11.5. The maximum absolute atomic E-state index is 11.5. The number of ether oxygens (including phenoxy) is 1. The third-order valence-corrected chi connectivity index (χ3v) is 2.63. The molecule has 0 spiro atoms. The number of benzene rings is 1. The van der Waals surface area contributed by atoms with Crippen molar-refractivity contribution in [1.82, 2.24) is 0 Å². The molecule has 0 amide bonds. The van der Waals surface area contributed by atoms with E-state index in [9.17, 15) is 4.79 Å². The molecule has 1 aromatic rings. The van der Waals surface area contributed by atoms with Crippen LogP contribution in [0.4, 0.5) is 0 Å². The first-order chi connectivity index (χ1) is 6.69. The lowest BCUT2D eigenvalue weighted by atomic mass is 10.1. The Bertz CT molecular complexity index is 334. The molecule has 0 unspecified atom stereocenters. The second-order valence-electron chi connectivity index (χ2n) is 2.89. The summed E-state index contributed by atoms with van der Waals surface area (Å²) in [5.74, 6) is -0.269. The fourth-order valence-corrected chi connectivity index (χ4v) is 1.57. The molecule has 0 aromatic heterocycles. The van der Waals surface area contributed by atoms with Crippen LogP contribution in [0.15, 0.2) is 22.7 Å². The van der Waals surface area contributed by atoms with Gasteiger partial charge in [0.1, 0.15) is 0 Å². The van der Waals surface area contributed by atoms with E-state index in [0.29, 0.717) is 12.2 Å². The molecule has 0 bridgehead atoms. The Morgan fingerprint density at radius 2 is 2.14 bits per heavy atom. The van der Waals surface area contributed by atoms with Gasteiger partial charge in [0.2, 0.25) is 0 Å². The maximum Gasteiger partial charge on any atom is 0.339 e. The predicted molar refractivity (Wildman–Crippen MR) is 59.5 cm³/mol. The second kappa shape index (κ2) is 5.15. The molecule has 0 saturated carbocycles. The molecule has 0 heterocycles. The summed E-state index contributed by atoms with van der Waals surface area (Å²) in [6.45, 7) is 4.26. The quantitative estimate of drug-likeness (QED) is 0.777. The fourth-order valence-electron chi connectivity index (χ4n) is 1.16. The van der Waals surface area contributed by atoms with Gasteiger partial charge in [0.25, 0.3) is 0 Å². The average molecular weight is 257 g/mol. The Kier molecular flexibility index (Phi) is 4.14. The molecule has 76 valence electrons. The van der Waals surface area contributed by atoms with Crippen LogP contribution in [0.1, 0.15) is 29.8 Å². The zero-order chi connectivity index (χ0) is 10.6. The Balaban J connectivity index is 2.99. The van der Waals surface area contributed by atoms with Crippen molar-refractivity contribution in [3.05, 3.63) is 33.8 Å². The summed E-state index contributed by atoms with van der Waals surface area (Å²) in [6.07, 6.45) is 0.916. The third kappa shape index (κ3) is 2.58. The van der Waals surface area contributed by atoms with Crippen LogP contribution in [0.3, 0.4) is 0 Å². The Hall–Kier alpha value is -0.830. The molecule has 3 heteroatoms. The molecule has 2 nitrogen and oxygen atoms in total. The minimum atomic E-state index is -0.269. The van der Waals surface area contributed by atoms with E-state index in [4.69, 9.17) is 4.74 Å². The van der Waals surface area contributed by atoms with Gasteiger partial charge in [0.15, 0.2) is 0 Å². The highest BCUT2D eigenvalue weighted by molar-refractivity contribution is 9.10. The summed E-state index contributed by atoms with van der Waals surface area (Å²) in [5.41, 5.74) is 1.74. The van der Waals surface area contributed by atoms with E-state index in [0.717, 1.165) is 16.5 Å². The molecule has 0 saturated heterocycles. The van der Waals surface area contributed by atoms with Gasteiger partial charge in [-0.15, -0.1) is 0 Å². The first-order valence-electron chi connectivity index (χ1n) is 4.64. The molecule has 0 radical (unpaired) electrons. The monoisotopic (exact) mass is 256 g/mol. The van der Waals surface area contributed by atoms with Crippen LogP contribution in [0.5, 0.6) is 0 Å². The van der Waals surface area contributed by atoms with Gasteiger partial charge < -0.3 is 4.74 Å². The summed E-state index contributed by atoms with van der Waals surface area (Å²) in [4.78, 5) is 11.5. The van der Waals surface area contributed by atoms with Crippen LogP contribution >= 0.6 is 15.9 Å². The van der Waals surface area contributed by atoms with Crippen LogP contribution < -0.4 is 0 Å². The van der Waals surface area contributed by atoms with Crippen LogP contribution in [0.2, 0.25) is 0 Å². The molecule has 0 aliphatic carbocycles. The van der Waals surface area contributed by atoms with E-state index >= 15 is 0 Å². The number of rotatable bonds is 3. The Morgan fingerprint density at radius 1 is 1.43 bits per heavy atom. The molecule has 0 N–H and O–H groups in total. The van der Waals surface area contributed by atoms with Crippen molar-refractivity contribution in [3.8, 4) is 0 Å². The fraction of sp³-hybridized carbons (Fsp3) is 0.364. The Morgan fingerprint density at radius 3 is 2.71 bits per heavy atom. The standard InChI is InChI=1S/C11H13BrO2/c1-3-8-5-6-10(12)9(7-8)11(13)14-4-2/h5-7H,3-4H2,1-2H3. The SMILES string of the molecule is CCOC(=O)c1cc(CC)ccc1Br. The van der Waals surface area contributed by atoms with Crippen molar-refractivity contribution in [2.75, 3.05) is 6.61 Å². The van der Waals surface area contributed by atoms with E-state index in [1.165, 1.54) is 0 Å². The number of aryl methyl sites for hydroxylation is 1. The highest BCUT2D eigenvalue weighted by Gasteiger charge is 2.10. The third-order valence-electron chi connectivity index (χ3n) is 1.93. The summed E-state index contributed by atoms with van der Waals surface area (Å²) in [5, 5.41) is 0. The zero-order valence-corrected chi connectivity index (χ0v) is 9.93. The number of carbonyl (C=O) groups excluding carboxylic acids is 1. The lowest BCUT2D eigenvalue weighted by molar-refractivity contribution is 0.0525. The largest absolute Gasteiger partial charge is 0.462 e. The number of hydrogen-bond acceptors (Lipinski definition) is 2. The van der Waals surface area contributed by atoms with Gasteiger partial charge in [-0.2, -0.15) is 0 Å². The lowest BCUT2D eigenvalue weighted by Crippen LogP contribution is -2.06. The van der Waals surface area contributed by atoms with Crippen LogP contribution in [-0.4, -0.2) is 12.6 Å². The van der Waals surface area contributed by atoms with E-state index in [1.54, 1.807) is 6.92 Å². The van der Waals surface area contributed by atoms with Crippen LogP contribution in [0.25, 0.3) is 0 Å². The number of carbonyl (C=O) groups is 1. The van der Waals surface area contributed by atoms with Gasteiger partial charge >= 0.3 is 5.97 Å². The second-order valence-corrected chi connectivity index (χ2v) is 3.74. The first-order valence-corrected chi connectivity index (χ1v) is 5.43. The van der Waals surface area contributed by atoms with Crippen molar-refractivity contribution < 1.29 is 9.53 Å². The number of esters is 1. The van der Waals surface area contributed by atoms with E-state index < -0.39 is 0 Å². The van der Waals surface area contributed by atoms with Crippen molar-refractivity contribution in [3.63, 3.8) is 0 Å². The molecule has 0 aliphatic heterocycles. The van der Waals surface area contributed by atoms with Crippen LogP contribution in [-0.2, 0) is 11.2 Å². The highest BCUT2D eigenvalue weighted by atomic mass is 79.9. The van der Waals surface area contributed by atoms with Gasteiger partial charge in [-0.1, -0.05) is 13.0 Å². The molecule has 0 atom stereocenters.